The number of pyridine rings is 1. The van der Waals surface area contributed by atoms with Gasteiger partial charge in [-0.25, -0.2) is 0 Å². The summed E-state index contributed by atoms with van der Waals surface area (Å²) < 4.78 is 7.43. The van der Waals surface area contributed by atoms with Gasteiger partial charge in [-0.1, -0.05) is 11.2 Å². The predicted octanol–water partition coefficient (Wildman–Crippen LogP) is 1.40. The second kappa shape index (κ2) is 6.48. The molecule has 3 aromatic rings. The number of nitrogens with zero attached hydrogens (tertiary/aromatic N) is 5. The summed E-state index contributed by atoms with van der Waals surface area (Å²) >= 11 is 3.30. The van der Waals surface area contributed by atoms with E-state index in [-0.39, 0.29) is 5.89 Å². The number of carbonyl (C=O) groups is 1. The lowest BCUT2D eigenvalue weighted by Gasteiger charge is -2.00. The highest BCUT2D eigenvalue weighted by molar-refractivity contribution is 9.10. The molecular weight excluding hydrogens is 352 g/mol. The van der Waals surface area contributed by atoms with E-state index in [2.05, 4.69) is 41.5 Å². The fourth-order valence-electron chi connectivity index (χ4n) is 1.73. The van der Waals surface area contributed by atoms with Crippen LogP contribution in [0.5, 0.6) is 0 Å². The fraction of sp³-hybridized carbons (Fsp3) is 0.154. The lowest BCUT2D eigenvalue weighted by atomic mass is 10.3. The van der Waals surface area contributed by atoms with Gasteiger partial charge < -0.3 is 9.84 Å². The molecule has 0 radical (unpaired) electrons. The van der Waals surface area contributed by atoms with Crippen LogP contribution < -0.4 is 5.32 Å². The molecule has 3 aromatic heterocycles. The zero-order valence-electron chi connectivity index (χ0n) is 11.3. The standard InChI is InChI=1S/C13H11BrN6O2/c14-9-5-17-20(7-9)8-11-18-13(22-19-11)12(21)16-6-10-3-1-2-4-15-10/h1-5,7H,6,8H2,(H,16,21). The first kappa shape index (κ1) is 14.4. The molecule has 1 amide bonds. The smallest absolute Gasteiger partial charge is 0.316 e. The van der Waals surface area contributed by atoms with Crippen molar-refractivity contribution >= 4 is 21.8 Å². The minimum Gasteiger partial charge on any atom is -0.342 e. The zero-order valence-corrected chi connectivity index (χ0v) is 12.9. The van der Waals surface area contributed by atoms with Crippen LogP contribution in [0.4, 0.5) is 0 Å². The fourth-order valence-corrected chi connectivity index (χ4v) is 2.06. The molecule has 0 saturated carbocycles. The van der Waals surface area contributed by atoms with Crippen molar-refractivity contribution in [1.29, 1.82) is 0 Å². The van der Waals surface area contributed by atoms with Crippen LogP contribution in [-0.2, 0) is 13.1 Å². The van der Waals surface area contributed by atoms with Gasteiger partial charge in [0, 0.05) is 12.4 Å². The maximum Gasteiger partial charge on any atom is 0.316 e. The molecular formula is C13H11BrN6O2. The zero-order chi connectivity index (χ0) is 15.4. The lowest BCUT2D eigenvalue weighted by Crippen LogP contribution is -2.23. The van der Waals surface area contributed by atoms with Crippen LogP contribution in [0.25, 0.3) is 0 Å². The minimum absolute atomic E-state index is 0.0860. The van der Waals surface area contributed by atoms with Gasteiger partial charge in [0.25, 0.3) is 0 Å². The van der Waals surface area contributed by atoms with Crippen molar-refractivity contribution in [3.05, 3.63) is 58.7 Å². The van der Waals surface area contributed by atoms with Crippen LogP contribution in [-0.4, -0.2) is 30.8 Å². The molecule has 0 atom stereocenters. The Labute approximate surface area is 133 Å². The first-order valence-electron chi connectivity index (χ1n) is 6.39. The van der Waals surface area contributed by atoms with E-state index in [1.807, 2.05) is 18.2 Å². The first-order valence-corrected chi connectivity index (χ1v) is 7.18. The van der Waals surface area contributed by atoms with Crippen LogP contribution in [0, 0.1) is 0 Å². The van der Waals surface area contributed by atoms with Gasteiger partial charge in [-0.3, -0.25) is 14.5 Å². The molecule has 112 valence electrons. The highest BCUT2D eigenvalue weighted by Gasteiger charge is 2.15. The Hall–Kier alpha value is -2.55. The Morgan fingerprint density at radius 2 is 2.32 bits per heavy atom. The van der Waals surface area contributed by atoms with Gasteiger partial charge >= 0.3 is 11.8 Å². The molecule has 0 bridgehead atoms. The Morgan fingerprint density at radius 3 is 3.05 bits per heavy atom. The van der Waals surface area contributed by atoms with Gasteiger partial charge in [0.1, 0.15) is 6.54 Å². The van der Waals surface area contributed by atoms with Gasteiger partial charge in [0.05, 0.1) is 22.9 Å². The van der Waals surface area contributed by atoms with Gasteiger partial charge in [0.15, 0.2) is 5.82 Å². The van der Waals surface area contributed by atoms with E-state index in [9.17, 15) is 4.79 Å². The molecule has 1 N–H and O–H groups in total. The number of hydrogen-bond acceptors (Lipinski definition) is 6. The summed E-state index contributed by atoms with van der Waals surface area (Å²) in [6.45, 7) is 0.617. The predicted molar refractivity (Wildman–Crippen MR) is 78.7 cm³/mol. The molecule has 3 rings (SSSR count). The van der Waals surface area contributed by atoms with Crippen molar-refractivity contribution in [2.45, 2.75) is 13.1 Å². The number of aromatic nitrogens is 5. The number of rotatable bonds is 5. The number of amides is 1. The molecule has 0 aliphatic rings. The van der Waals surface area contributed by atoms with Crippen molar-refractivity contribution in [2.24, 2.45) is 0 Å². The van der Waals surface area contributed by atoms with Gasteiger partial charge in [-0.05, 0) is 28.1 Å². The summed E-state index contributed by atoms with van der Waals surface area (Å²) in [7, 11) is 0. The Morgan fingerprint density at radius 1 is 1.41 bits per heavy atom. The number of hydrogen-bond donors (Lipinski definition) is 1. The van der Waals surface area contributed by atoms with Crippen LogP contribution in [0.15, 0.2) is 45.8 Å². The number of carbonyl (C=O) groups excluding carboxylic acids is 1. The molecule has 0 aliphatic heterocycles. The van der Waals surface area contributed by atoms with E-state index in [1.165, 1.54) is 0 Å². The van der Waals surface area contributed by atoms with Crippen molar-refractivity contribution in [3.8, 4) is 0 Å². The van der Waals surface area contributed by atoms with Gasteiger partial charge in [-0.15, -0.1) is 0 Å². The maximum atomic E-state index is 11.9. The van der Waals surface area contributed by atoms with E-state index >= 15 is 0 Å². The van der Waals surface area contributed by atoms with Crippen molar-refractivity contribution in [3.63, 3.8) is 0 Å². The number of halogens is 1. The summed E-state index contributed by atoms with van der Waals surface area (Å²) in [5.74, 6) is -0.151. The summed E-state index contributed by atoms with van der Waals surface area (Å²) in [5.41, 5.74) is 0.747. The van der Waals surface area contributed by atoms with E-state index in [0.717, 1.165) is 10.2 Å². The SMILES string of the molecule is O=C(NCc1ccccn1)c1nc(Cn2cc(Br)cn2)no1. The third-order valence-electron chi connectivity index (χ3n) is 2.72. The second-order valence-corrected chi connectivity index (χ2v) is 5.29. The van der Waals surface area contributed by atoms with Crippen molar-refractivity contribution in [2.75, 3.05) is 0 Å². The van der Waals surface area contributed by atoms with Crippen molar-refractivity contribution in [1.82, 2.24) is 30.2 Å². The molecule has 0 fully saturated rings. The van der Waals surface area contributed by atoms with Crippen LogP contribution >= 0.6 is 15.9 Å². The third-order valence-corrected chi connectivity index (χ3v) is 3.13. The average Bonchev–Trinajstić information content (AvgIpc) is 3.16. The van der Waals surface area contributed by atoms with Crippen LogP contribution in [0.3, 0.4) is 0 Å². The summed E-state index contributed by atoms with van der Waals surface area (Å²) in [4.78, 5) is 20.1. The van der Waals surface area contributed by atoms with Crippen LogP contribution in [0.2, 0.25) is 0 Å². The molecule has 0 unspecified atom stereocenters. The minimum atomic E-state index is -0.439. The Balaban J connectivity index is 1.59. The monoisotopic (exact) mass is 362 g/mol. The molecule has 9 heteroatoms. The normalized spacial score (nSPS) is 10.6. The van der Waals surface area contributed by atoms with Crippen LogP contribution in [0.1, 0.15) is 22.2 Å². The first-order chi connectivity index (χ1) is 10.7. The van der Waals surface area contributed by atoms with E-state index in [1.54, 1.807) is 23.3 Å². The third kappa shape index (κ3) is 3.55. The molecule has 22 heavy (non-hydrogen) atoms. The molecule has 0 aromatic carbocycles. The van der Waals surface area contributed by atoms with E-state index in [4.69, 9.17) is 4.52 Å². The van der Waals surface area contributed by atoms with E-state index in [0.29, 0.717) is 18.9 Å². The van der Waals surface area contributed by atoms with Gasteiger partial charge in [0.2, 0.25) is 0 Å². The van der Waals surface area contributed by atoms with E-state index < -0.39 is 5.91 Å². The lowest BCUT2D eigenvalue weighted by molar-refractivity contribution is 0.0906. The highest BCUT2D eigenvalue weighted by Crippen LogP contribution is 2.07. The summed E-state index contributed by atoms with van der Waals surface area (Å²) in [5, 5.41) is 10.5. The largest absolute Gasteiger partial charge is 0.342 e. The maximum absolute atomic E-state index is 11.9. The van der Waals surface area contributed by atoms with Crippen molar-refractivity contribution < 1.29 is 9.32 Å². The highest BCUT2D eigenvalue weighted by atomic mass is 79.9. The Bertz CT molecular complexity index is 770. The molecule has 0 saturated heterocycles. The average molecular weight is 363 g/mol. The second-order valence-electron chi connectivity index (χ2n) is 4.38. The Kier molecular flexibility index (Phi) is 4.24. The summed E-state index contributed by atoms with van der Waals surface area (Å²) in [6.07, 6.45) is 5.09. The molecule has 0 spiro atoms. The topological polar surface area (TPSA) is 98.7 Å². The van der Waals surface area contributed by atoms with Gasteiger partial charge in [-0.2, -0.15) is 10.1 Å². The summed E-state index contributed by atoms with van der Waals surface area (Å²) in [6, 6.07) is 5.47. The quantitative estimate of drug-likeness (QED) is 0.736. The molecule has 0 aliphatic carbocycles. The molecule has 8 nitrogen and oxygen atoms in total. The number of nitrogens with one attached hydrogen (secondary N) is 1. The molecule has 3 heterocycles.